The van der Waals surface area contributed by atoms with Crippen LogP contribution in [0.25, 0.3) is 11.6 Å². The van der Waals surface area contributed by atoms with Gasteiger partial charge in [0.25, 0.3) is 0 Å². The highest BCUT2D eigenvalue weighted by Crippen LogP contribution is 2.28. The van der Waals surface area contributed by atoms with Crippen LogP contribution in [0.5, 0.6) is 0 Å². The second kappa shape index (κ2) is 8.55. The van der Waals surface area contributed by atoms with Crippen molar-refractivity contribution in [2.45, 2.75) is 52.4 Å². The number of rotatable bonds is 7. The van der Waals surface area contributed by atoms with Crippen molar-refractivity contribution in [1.82, 2.24) is 0 Å². The molecule has 0 saturated carbocycles. The molecule has 0 radical (unpaired) electrons. The lowest BCUT2D eigenvalue weighted by atomic mass is 9.91. The van der Waals surface area contributed by atoms with E-state index in [1.165, 1.54) is 33.4 Å². The maximum Gasteiger partial charge on any atom is 0.0231 e. The summed E-state index contributed by atoms with van der Waals surface area (Å²) in [7, 11) is 0. The van der Waals surface area contributed by atoms with E-state index < -0.39 is 0 Å². The molecule has 0 aliphatic heterocycles. The topological polar surface area (TPSA) is 0 Å². The summed E-state index contributed by atoms with van der Waals surface area (Å²) in [6.45, 7) is 12.5. The third-order valence-corrected chi connectivity index (χ3v) is 4.80. The third kappa shape index (κ3) is 4.39. The Morgan fingerprint density at radius 3 is 2.62 bits per heavy atom. The second-order valence-electron chi connectivity index (χ2n) is 6.61. The van der Waals surface area contributed by atoms with Crippen LogP contribution in [0.1, 0.15) is 60.8 Å². The van der Waals surface area contributed by atoms with Crippen LogP contribution in [0.2, 0.25) is 0 Å². The molecule has 0 bridgehead atoms. The summed E-state index contributed by atoms with van der Waals surface area (Å²) in [5.74, 6) is 2.82. The number of benzene rings is 1. The second-order valence-corrected chi connectivity index (χ2v) is 6.61. The van der Waals surface area contributed by atoms with Crippen LogP contribution >= 0.6 is 0 Å². The molecule has 0 heterocycles. The van der Waals surface area contributed by atoms with Crippen LogP contribution < -0.4 is 0 Å². The molecule has 0 amide bonds. The molecule has 0 N–H and O–H groups in total. The molecule has 0 atom stereocenters. The number of unbranched alkanes of at least 4 members (excludes halogenated alkanes) is 1. The standard InChI is InChI=1S/C24H28/c1-6-21-13-10-11-15-23(21)14-9-8-12-18(3)24-17-22(7-2)19(4)16-20(24)5/h1,7,13,15-17H,2-3,8-12,14H2,4-5H3. The number of terminal acetylenes is 1. The van der Waals surface area contributed by atoms with Crippen LogP contribution in [-0.4, -0.2) is 0 Å². The molecule has 1 aliphatic carbocycles. The van der Waals surface area contributed by atoms with Gasteiger partial charge >= 0.3 is 0 Å². The quantitative estimate of drug-likeness (QED) is 0.383. The molecule has 0 nitrogen and oxygen atoms in total. The van der Waals surface area contributed by atoms with Gasteiger partial charge in [0.15, 0.2) is 0 Å². The Labute approximate surface area is 147 Å². The van der Waals surface area contributed by atoms with E-state index in [1.807, 2.05) is 6.08 Å². The van der Waals surface area contributed by atoms with Crippen LogP contribution in [0.3, 0.4) is 0 Å². The smallest absolute Gasteiger partial charge is 0.0231 e. The highest BCUT2D eigenvalue weighted by molar-refractivity contribution is 5.70. The maximum atomic E-state index is 5.60. The summed E-state index contributed by atoms with van der Waals surface area (Å²) in [5, 5.41) is 0. The first-order chi connectivity index (χ1) is 11.6. The molecule has 1 aromatic rings. The van der Waals surface area contributed by atoms with E-state index in [9.17, 15) is 0 Å². The molecule has 1 aromatic carbocycles. The molecule has 124 valence electrons. The Morgan fingerprint density at radius 1 is 1.17 bits per heavy atom. The molecular weight excluding hydrogens is 288 g/mol. The van der Waals surface area contributed by atoms with E-state index in [1.54, 1.807) is 0 Å². The zero-order valence-electron chi connectivity index (χ0n) is 15.1. The summed E-state index contributed by atoms with van der Waals surface area (Å²) in [4.78, 5) is 0. The van der Waals surface area contributed by atoms with Gasteiger partial charge in [0, 0.05) is 5.57 Å². The minimum absolute atomic E-state index is 1.03. The van der Waals surface area contributed by atoms with Gasteiger partial charge in [-0.15, -0.1) is 6.42 Å². The summed E-state index contributed by atoms with van der Waals surface area (Å²) >= 11 is 0. The van der Waals surface area contributed by atoms with Gasteiger partial charge in [-0.05, 0) is 91.8 Å². The fraction of sp³-hybridized carbons (Fsp3) is 0.333. The van der Waals surface area contributed by atoms with Gasteiger partial charge in [0.2, 0.25) is 0 Å². The summed E-state index contributed by atoms with van der Waals surface area (Å²) < 4.78 is 0. The minimum atomic E-state index is 1.03. The molecule has 0 heteroatoms. The minimum Gasteiger partial charge on any atom is -0.115 e. The molecule has 2 rings (SSSR count). The zero-order chi connectivity index (χ0) is 17.5. The van der Waals surface area contributed by atoms with Crippen molar-refractivity contribution in [3.63, 3.8) is 0 Å². The van der Waals surface area contributed by atoms with E-state index in [0.29, 0.717) is 0 Å². The highest BCUT2D eigenvalue weighted by atomic mass is 14.1. The average Bonchev–Trinajstić information content (AvgIpc) is 2.59. The van der Waals surface area contributed by atoms with Crippen molar-refractivity contribution in [3.05, 3.63) is 70.8 Å². The summed E-state index contributed by atoms with van der Waals surface area (Å²) in [6.07, 6.45) is 18.6. The molecule has 0 aromatic heterocycles. The largest absolute Gasteiger partial charge is 0.115 e. The third-order valence-electron chi connectivity index (χ3n) is 4.80. The van der Waals surface area contributed by atoms with Crippen molar-refractivity contribution in [2.75, 3.05) is 0 Å². The number of aryl methyl sites for hydroxylation is 2. The van der Waals surface area contributed by atoms with E-state index in [2.05, 4.69) is 57.2 Å². The lowest BCUT2D eigenvalue weighted by Crippen LogP contribution is -1.95. The summed E-state index contributed by atoms with van der Waals surface area (Å²) in [5.41, 5.74) is 8.73. The molecule has 0 spiro atoms. The van der Waals surface area contributed by atoms with Gasteiger partial charge in [0.05, 0.1) is 0 Å². The molecular formula is C24H28. The van der Waals surface area contributed by atoms with Crippen molar-refractivity contribution in [2.24, 2.45) is 0 Å². The van der Waals surface area contributed by atoms with Crippen molar-refractivity contribution in [3.8, 4) is 12.3 Å². The SMILES string of the molecule is C#CC1=CCCC=C1CCCCC(=C)c1cc(C=C)c(C)cc1C. The highest BCUT2D eigenvalue weighted by Gasteiger charge is 2.09. The number of hydrogen-bond acceptors (Lipinski definition) is 0. The first kappa shape index (κ1) is 18.1. The Balaban J connectivity index is 1.90. The van der Waals surface area contributed by atoms with E-state index in [0.717, 1.165) is 44.1 Å². The van der Waals surface area contributed by atoms with Gasteiger partial charge in [-0.2, -0.15) is 0 Å². The van der Waals surface area contributed by atoms with Crippen molar-refractivity contribution >= 4 is 11.6 Å². The molecule has 0 unspecified atom stereocenters. The van der Waals surface area contributed by atoms with Crippen LogP contribution in [0.4, 0.5) is 0 Å². The van der Waals surface area contributed by atoms with Crippen molar-refractivity contribution in [1.29, 1.82) is 0 Å². The van der Waals surface area contributed by atoms with Crippen LogP contribution in [0, 0.1) is 26.2 Å². The monoisotopic (exact) mass is 316 g/mol. The Kier molecular flexibility index (Phi) is 6.44. The van der Waals surface area contributed by atoms with E-state index >= 15 is 0 Å². The fourth-order valence-corrected chi connectivity index (χ4v) is 3.37. The number of hydrogen-bond donors (Lipinski definition) is 0. The molecule has 0 saturated heterocycles. The van der Waals surface area contributed by atoms with Gasteiger partial charge in [-0.1, -0.05) is 43.4 Å². The lowest BCUT2D eigenvalue weighted by Gasteiger charge is -2.14. The fourth-order valence-electron chi connectivity index (χ4n) is 3.37. The maximum absolute atomic E-state index is 5.60. The predicted molar refractivity (Wildman–Crippen MR) is 108 cm³/mol. The van der Waals surface area contributed by atoms with Crippen molar-refractivity contribution < 1.29 is 0 Å². The van der Waals surface area contributed by atoms with Gasteiger partial charge in [-0.25, -0.2) is 0 Å². The average molecular weight is 316 g/mol. The van der Waals surface area contributed by atoms with Crippen LogP contribution in [-0.2, 0) is 0 Å². The Hall–Kier alpha value is -2.26. The van der Waals surface area contributed by atoms with E-state index in [4.69, 9.17) is 6.42 Å². The molecule has 24 heavy (non-hydrogen) atoms. The van der Waals surface area contributed by atoms with Gasteiger partial charge in [0.1, 0.15) is 0 Å². The zero-order valence-corrected chi connectivity index (χ0v) is 15.1. The number of allylic oxidation sites excluding steroid dienone is 5. The van der Waals surface area contributed by atoms with Gasteiger partial charge < -0.3 is 0 Å². The Bertz CT molecular complexity index is 732. The normalized spacial score (nSPS) is 13.7. The Morgan fingerprint density at radius 2 is 1.92 bits per heavy atom. The first-order valence-corrected chi connectivity index (χ1v) is 8.84. The van der Waals surface area contributed by atoms with Crippen LogP contribution in [0.15, 0.2) is 48.6 Å². The van der Waals surface area contributed by atoms with E-state index in [-0.39, 0.29) is 0 Å². The molecule has 0 fully saturated rings. The van der Waals surface area contributed by atoms with Gasteiger partial charge in [-0.3, -0.25) is 0 Å². The predicted octanol–water partition coefficient (Wildman–Crippen LogP) is 6.80. The lowest BCUT2D eigenvalue weighted by molar-refractivity contribution is 0.747. The molecule has 1 aliphatic rings. The summed E-state index contributed by atoms with van der Waals surface area (Å²) in [6, 6.07) is 4.46. The first-order valence-electron chi connectivity index (χ1n) is 8.84.